The number of thiophene rings is 1. The highest BCUT2D eigenvalue weighted by Gasteiger charge is 2.08. The Morgan fingerprint density at radius 3 is 2.89 bits per heavy atom. The topological polar surface area (TPSA) is 70.7 Å². The first-order valence-corrected chi connectivity index (χ1v) is 6.75. The summed E-state index contributed by atoms with van der Waals surface area (Å²) in [4.78, 5) is 13.0. The van der Waals surface area contributed by atoms with E-state index in [4.69, 9.17) is 11.6 Å². The van der Waals surface area contributed by atoms with Crippen LogP contribution in [-0.2, 0) is 6.54 Å². The van der Waals surface area contributed by atoms with Gasteiger partial charge in [-0.05, 0) is 30.3 Å². The van der Waals surface area contributed by atoms with Gasteiger partial charge in [-0.1, -0.05) is 11.6 Å². The second kappa shape index (κ2) is 4.99. The number of fused-ring (bicyclic) bond motifs is 1. The molecule has 0 radical (unpaired) electrons. The first kappa shape index (κ1) is 12.1. The average molecular weight is 293 g/mol. The van der Waals surface area contributed by atoms with Crippen LogP contribution in [0.25, 0.3) is 11.0 Å². The summed E-state index contributed by atoms with van der Waals surface area (Å²) < 4.78 is 0.716. The van der Waals surface area contributed by atoms with Gasteiger partial charge in [0.15, 0.2) is 0 Å². The summed E-state index contributed by atoms with van der Waals surface area (Å²) in [6.07, 6.45) is 0. The molecule has 3 rings (SSSR count). The second-order valence-electron chi connectivity index (χ2n) is 3.92. The van der Waals surface area contributed by atoms with Crippen molar-refractivity contribution in [2.75, 3.05) is 0 Å². The third kappa shape index (κ3) is 2.59. The number of hydrogen-bond donors (Lipinski definition) is 2. The van der Waals surface area contributed by atoms with E-state index in [9.17, 15) is 4.79 Å². The maximum atomic E-state index is 12.0. The van der Waals surface area contributed by atoms with Crippen molar-refractivity contribution < 1.29 is 4.79 Å². The minimum atomic E-state index is -0.144. The molecule has 2 aromatic heterocycles. The number of nitrogens with zero attached hydrogens (tertiary/aromatic N) is 2. The molecule has 0 saturated heterocycles. The molecule has 7 heteroatoms. The Morgan fingerprint density at radius 1 is 1.26 bits per heavy atom. The smallest absolute Gasteiger partial charge is 0.251 e. The van der Waals surface area contributed by atoms with Crippen LogP contribution in [0.4, 0.5) is 0 Å². The summed E-state index contributed by atoms with van der Waals surface area (Å²) >= 11 is 7.28. The van der Waals surface area contributed by atoms with Crippen molar-refractivity contribution >= 4 is 39.9 Å². The molecule has 0 bridgehead atoms. The first-order valence-electron chi connectivity index (χ1n) is 5.55. The van der Waals surface area contributed by atoms with E-state index in [0.717, 1.165) is 10.4 Å². The summed E-state index contributed by atoms with van der Waals surface area (Å²) in [5, 5.41) is 13.2. The largest absolute Gasteiger partial charge is 0.347 e. The van der Waals surface area contributed by atoms with Crippen molar-refractivity contribution in [3.05, 3.63) is 45.1 Å². The molecular weight excluding hydrogens is 284 g/mol. The molecule has 1 amide bonds. The minimum Gasteiger partial charge on any atom is -0.347 e. The van der Waals surface area contributed by atoms with Crippen LogP contribution in [-0.4, -0.2) is 21.3 Å². The SMILES string of the molecule is O=C(NCc1ccc(Cl)s1)c1ccc2n[nH]nc2c1. The number of aromatic amines is 1. The average Bonchev–Trinajstić information content (AvgIpc) is 3.03. The lowest BCUT2D eigenvalue weighted by molar-refractivity contribution is 0.0951. The molecule has 0 fully saturated rings. The number of rotatable bonds is 3. The number of halogens is 1. The number of hydrogen-bond acceptors (Lipinski definition) is 4. The van der Waals surface area contributed by atoms with Crippen molar-refractivity contribution in [3.8, 4) is 0 Å². The fourth-order valence-corrected chi connectivity index (χ4v) is 2.72. The number of amides is 1. The lowest BCUT2D eigenvalue weighted by atomic mass is 10.2. The Bertz CT molecular complexity index is 736. The van der Waals surface area contributed by atoms with E-state index in [1.807, 2.05) is 12.1 Å². The van der Waals surface area contributed by atoms with E-state index < -0.39 is 0 Å². The molecule has 0 atom stereocenters. The van der Waals surface area contributed by atoms with E-state index in [1.54, 1.807) is 18.2 Å². The van der Waals surface area contributed by atoms with Gasteiger partial charge < -0.3 is 5.32 Å². The van der Waals surface area contributed by atoms with Crippen LogP contribution in [0.5, 0.6) is 0 Å². The summed E-state index contributed by atoms with van der Waals surface area (Å²) in [5.74, 6) is -0.144. The minimum absolute atomic E-state index is 0.144. The normalized spacial score (nSPS) is 10.8. The molecular formula is C12H9ClN4OS. The molecule has 0 aliphatic rings. The summed E-state index contributed by atoms with van der Waals surface area (Å²) in [7, 11) is 0. The fraction of sp³-hybridized carbons (Fsp3) is 0.0833. The Labute approximate surface area is 117 Å². The number of H-pyrrole nitrogens is 1. The van der Waals surface area contributed by atoms with Gasteiger partial charge in [-0.25, -0.2) is 0 Å². The lowest BCUT2D eigenvalue weighted by Crippen LogP contribution is -2.22. The number of aromatic nitrogens is 3. The molecule has 2 N–H and O–H groups in total. The molecule has 0 unspecified atom stereocenters. The van der Waals surface area contributed by atoms with Crippen molar-refractivity contribution in [3.63, 3.8) is 0 Å². The van der Waals surface area contributed by atoms with Gasteiger partial charge in [-0.15, -0.1) is 11.3 Å². The van der Waals surface area contributed by atoms with Gasteiger partial charge in [0.1, 0.15) is 11.0 Å². The van der Waals surface area contributed by atoms with Crippen molar-refractivity contribution in [2.24, 2.45) is 0 Å². The Kier molecular flexibility index (Phi) is 3.18. The van der Waals surface area contributed by atoms with Crippen LogP contribution >= 0.6 is 22.9 Å². The van der Waals surface area contributed by atoms with E-state index in [1.165, 1.54) is 11.3 Å². The van der Waals surface area contributed by atoms with E-state index >= 15 is 0 Å². The van der Waals surface area contributed by atoms with Gasteiger partial charge in [0.25, 0.3) is 5.91 Å². The summed E-state index contributed by atoms with van der Waals surface area (Å²) in [6.45, 7) is 0.465. The van der Waals surface area contributed by atoms with Crippen LogP contribution in [0.15, 0.2) is 30.3 Å². The highest BCUT2D eigenvalue weighted by atomic mass is 35.5. The zero-order valence-corrected chi connectivity index (χ0v) is 11.3. The van der Waals surface area contributed by atoms with Crippen molar-refractivity contribution in [1.29, 1.82) is 0 Å². The predicted octanol–water partition coefficient (Wildman–Crippen LogP) is 2.60. The Balaban J connectivity index is 1.72. The van der Waals surface area contributed by atoms with Gasteiger partial charge in [0.05, 0.1) is 10.9 Å². The van der Waals surface area contributed by atoms with Gasteiger partial charge in [0, 0.05) is 10.4 Å². The van der Waals surface area contributed by atoms with E-state index in [0.29, 0.717) is 22.0 Å². The zero-order chi connectivity index (χ0) is 13.2. The lowest BCUT2D eigenvalue weighted by Gasteiger charge is -2.03. The molecule has 0 aliphatic heterocycles. The Hall–Kier alpha value is -1.92. The predicted molar refractivity (Wildman–Crippen MR) is 74.4 cm³/mol. The monoisotopic (exact) mass is 292 g/mol. The fourth-order valence-electron chi connectivity index (χ4n) is 1.70. The number of benzene rings is 1. The highest BCUT2D eigenvalue weighted by molar-refractivity contribution is 7.16. The molecule has 96 valence electrons. The number of carbonyl (C=O) groups is 1. The standard InChI is InChI=1S/C12H9ClN4OS/c13-11-4-2-8(19-11)6-14-12(18)7-1-3-9-10(5-7)16-17-15-9/h1-5H,6H2,(H,14,18)(H,15,16,17). The molecule has 3 aromatic rings. The summed E-state index contributed by atoms with van der Waals surface area (Å²) in [5.41, 5.74) is 1.97. The van der Waals surface area contributed by atoms with Gasteiger partial charge in [0.2, 0.25) is 0 Å². The van der Waals surface area contributed by atoms with Crippen molar-refractivity contribution in [2.45, 2.75) is 6.54 Å². The van der Waals surface area contributed by atoms with Gasteiger partial charge >= 0.3 is 0 Å². The molecule has 5 nitrogen and oxygen atoms in total. The van der Waals surface area contributed by atoms with Crippen LogP contribution in [0, 0.1) is 0 Å². The highest BCUT2D eigenvalue weighted by Crippen LogP contribution is 2.21. The molecule has 1 aromatic carbocycles. The van der Waals surface area contributed by atoms with Crippen LogP contribution in [0.3, 0.4) is 0 Å². The second-order valence-corrected chi connectivity index (χ2v) is 5.72. The maximum Gasteiger partial charge on any atom is 0.251 e. The zero-order valence-electron chi connectivity index (χ0n) is 9.68. The van der Waals surface area contributed by atoms with E-state index in [2.05, 4.69) is 20.7 Å². The van der Waals surface area contributed by atoms with Crippen LogP contribution in [0.2, 0.25) is 4.34 Å². The van der Waals surface area contributed by atoms with Crippen LogP contribution in [0.1, 0.15) is 15.2 Å². The number of carbonyl (C=O) groups excluding carboxylic acids is 1. The molecule has 19 heavy (non-hydrogen) atoms. The van der Waals surface area contributed by atoms with Gasteiger partial charge in [-0.2, -0.15) is 15.4 Å². The molecule has 0 spiro atoms. The summed E-state index contributed by atoms with van der Waals surface area (Å²) in [6, 6.07) is 8.90. The quantitative estimate of drug-likeness (QED) is 0.779. The third-order valence-corrected chi connectivity index (χ3v) is 3.86. The Morgan fingerprint density at radius 2 is 2.11 bits per heavy atom. The first-order chi connectivity index (χ1) is 9.22. The molecule has 0 saturated carbocycles. The van der Waals surface area contributed by atoms with Crippen LogP contribution < -0.4 is 5.32 Å². The third-order valence-electron chi connectivity index (χ3n) is 2.63. The maximum absolute atomic E-state index is 12.0. The molecule has 0 aliphatic carbocycles. The van der Waals surface area contributed by atoms with Gasteiger partial charge in [-0.3, -0.25) is 4.79 Å². The molecule has 2 heterocycles. The van der Waals surface area contributed by atoms with E-state index in [-0.39, 0.29) is 5.91 Å². The number of nitrogens with one attached hydrogen (secondary N) is 2. The van der Waals surface area contributed by atoms with Crippen molar-refractivity contribution in [1.82, 2.24) is 20.7 Å².